The highest BCUT2D eigenvalue weighted by Gasteiger charge is 2.31. The molecule has 31 heavy (non-hydrogen) atoms. The Kier molecular flexibility index (Phi) is 5.89. The number of nitrogens with two attached hydrogens (primary N) is 1. The Labute approximate surface area is 179 Å². The molecule has 0 aliphatic rings. The lowest BCUT2D eigenvalue weighted by atomic mass is 10.2. The van der Waals surface area contributed by atoms with Crippen LogP contribution in [0.3, 0.4) is 0 Å². The van der Waals surface area contributed by atoms with Crippen molar-refractivity contribution in [1.29, 1.82) is 0 Å². The monoisotopic (exact) mass is 473 g/mol. The summed E-state index contributed by atoms with van der Waals surface area (Å²) in [5.74, 6) is -0.888. The van der Waals surface area contributed by atoms with Gasteiger partial charge in [0.25, 0.3) is 0 Å². The van der Waals surface area contributed by atoms with Gasteiger partial charge in [0.05, 0.1) is 11.2 Å². The summed E-state index contributed by atoms with van der Waals surface area (Å²) in [6, 6.07) is 9.11. The number of primary sulfonamides is 1. The van der Waals surface area contributed by atoms with Crippen LogP contribution in [0, 0.1) is 0 Å². The van der Waals surface area contributed by atoms with Gasteiger partial charge < -0.3 is 19.7 Å². The van der Waals surface area contributed by atoms with Gasteiger partial charge in [0.15, 0.2) is 5.69 Å². The van der Waals surface area contributed by atoms with E-state index in [0.717, 1.165) is 12.1 Å². The van der Waals surface area contributed by atoms with Crippen LogP contribution in [-0.2, 0) is 17.1 Å². The predicted molar refractivity (Wildman–Crippen MR) is 110 cm³/mol. The number of hydrogen-bond donors (Lipinski definition) is 3. The number of aromatic hydroxyl groups is 1. The fourth-order valence-corrected chi connectivity index (χ4v) is 3.58. The van der Waals surface area contributed by atoms with E-state index < -0.39 is 22.1 Å². The molecule has 9 nitrogen and oxygen atoms in total. The molecule has 164 valence electrons. The van der Waals surface area contributed by atoms with Crippen molar-refractivity contribution in [3.8, 4) is 11.6 Å². The highest BCUT2D eigenvalue weighted by atomic mass is 32.2. The lowest BCUT2D eigenvalue weighted by molar-refractivity contribution is -0.274. The molecule has 2 aromatic carbocycles. The number of nitrogens with zero attached hydrogens (tertiary/aromatic N) is 3. The number of anilines is 1. The third-order valence-corrected chi connectivity index (χ3v) is 5.18. The van der Waals surface area contributed by atoms with E-state index in [1.165, 1.54) is 41.9 Å². The number of alkyl halides is 3. The van der Waals surface area contributed by atoms with Gasteiger partial charge in [-0.1, -0.05) is 12.1 Å². The number of rotatable bonds is 4. The first kappa shape index (κ1) is 22.5. The molecular formula is C17H14F3N5O4S2. The van der Waals surface area contributed by atoms with Gasteiger partial charge in [0.2, 0.25) is 21.0 Å². The first-order valence-corrected chi connectivity index (χ1v) is 10.2. The van der Waals surface area contributed by atoms with Crippen molar-refractivity contribution >= 4 is 49.6 Å². The predicted octanol–water partition coefficient (Wildman–Crippen LogP) is 3.91. The van der Waals surface area contributed by atoms with Gasteiger partial charge in [0.1, 0.15) is 10.6 Å². The highest BCUT2D eigenvalue weighted by molar-refractivity contribution is 7.89. The van der Waals surface area contributed by atoms with E-state index in [0.29, 0.717) is 5.52 Å². The lowest BCUT2D eigenvalue weighted by Crippen LogP contribution is -2.16. The Morgan fingerprint density at radius 2 is 1.94 bits per heavy atom. The van der Waals surface area contributed by atoms with Crippen molar-refractivity contribution < 1.29 is 31.4 Å². The Hall–Kier alpha value is -3.23. The molecule has 3 aromatic rings. The van der Waals surface area contributed by atoms with Crippen molar-refractivity contribution in [3.05, 3.63) is 42.5 Å². The summed E-state index contributed by atoms with van der Waals surface area (Å²) in [5.41, 5.74) is 0.255. The molecule has 0 radical (unpaired) electrons. The number of ether oxygens (including phenoxy) is 1. The van der Waals surface area contributed by atoms with Crippen LogP contribution in [0.2, 0.25) is 0 Å². The third kappa shape index (κ3) is 5.10. The summed E-state index contributed by atoms with van der Waals surface area (Å²) >= 11 is 5.02. The number of aryl methyl sites for hydroxylation is 1. The fourth-order valence-electron chi connectivity index (χ4n) is 2.74. The summed E-state index contributed by atoms with van der Waals surface area (Å²) in [6.45, 7) is 0. The largest absolute Gasteiger partial charge is 0.573 e. The molecule has 14 heteroatoms. The summed E-state index contributed by atoms with van der Waals surface area (Å²) in [7, 11) is -2.57. The number of sulfonamides is 1. The number of halogens is 3. The number of para-hydroxylation sites is 1. The second-order valence-electron chi connectivity index (χ2n) is 6.13. The number of benzene rings is 2. The average Bonchev–Trinajstić information content (AvgIpc) is 2.88. The van der Waals surface area contributed by atoms with Crippen molar-refractivity contribution in [3.63, 3.8) is 0 Å². The van der Waals surface area contributed by atoms with E-state index >= 15 is 0 Å². The molecule has 1 heterocycles. The van der Waals surface area contributed by atoms with Crippen LogP contribution in [0.15, 0.2) is 57.6 Å². The minimum atomic E-state index is -4.89. The highest BCUT2D eigenvalue weighted by Crippen LogP contribution is 2.40. The number of nitrogens with one attached hydrogen (secondary N) is 1. The van der Waals surface area contributed by atoms with E-state index in [2.05, 4.69) is 20.3 Å². The number of thiocarbonyl (C=S) groups is 1. The molecule has 0 aliphatic heterocycles. The SMILES string of the molecule is Cn1c(O)c(N=NC(=S)Nc2ccccc2S(N)(=O)=O)c2cc(OC(F)(F)F)ccc21. The maximum Gasteiger partial charge on any atom is 0.573 e. The Morgan fingerprint density at radius 3 is 2.58 bits per heavy atom. The molecule has 0 saturated carbocycles. The third-order valence-electron chi connectivity index (χ3n) is 4.02. The van der Waals surface area contributed by atoms with Crippen LogP contribution in [0.1, 0.15) is 0 Å². The molecule has 0 amide bonds. The molecule has 0 unspecified atom stereocenters. The zero-order valence-corrected chi connectivity index (χ0v) is 17.2. The van der Waals surface area contributed by atoms with Gasteiger partial charge >= 0.3 is 6.36 Å². The lowest BCUT2D eigenvalue weighted by Gasteiger charge is -2.08. The van der Waals surface area contributed by atoms with E-state index in [1.807, 2.05) is 0 Å². The van der Waals surface area contributed by atoms with Crippen LogP contribution in [0.4, 0.5) is 24.5 Å². The second-order valence-corrected chi connectivity index (χ2v) is 8.05. The zero-order valence-electron chi connectivity index (χ0n) is 15.6. The van der Waals surface area contributed by atoms with Crippen LogP contribution < -0.4 is 15.2 Å². The standard InChI is InChI=1S/C17H14F3N5O4S2/c1-25-12-7-6-9(29-17(18,19)20)8-10(12)14(15(25)26)23-24-16(30)22-11-4-2-3-5-13(11)31(21,27)28/h2-8,26H,1H3,(H,22,30)(H2,21,27,28). The molecule has 0 atom stereocenters. The molecule has 3 rings (SSSR count). The van der Waals surface area contributed by atoms with E-state index in [1.54, 1.807) is 0 Å². The molecule has 0 bridgehead atoms. The van der Waals surface area contributed by atoms with Gasteiger partial charge in [-0.05, 0) is 42.5 Å². The molecule has 0 fully saturated rings. The fraction of sp³-hybridized carbons (Fsp3) is 0.118. The van der Waals surface area contributed by atoms with Gasteiger partial charge in [-0.25, -0.2) is 13.6 Å². The van der Waals surface area contributed by atoms with Gasteiger partial charge in [-0.2, -0.15) is 0 Å². The molecule has 1 aromatic heterocycles. The maximum atomic E-state index is 12.5. The number of azo groups is 1. The number of fused-ring (bicyclic) bond motifs is 1. The summed E-state index contributed by atoms with van der Waals surface area (Å²) in [5, 5.41) is 25.4. The summed E-state index contributed by atoms with van der Waals surface area (Å²) < 4.78 is 66.0. The number of aromatic nitrogens is 1. The van der Waals surface area contributed by atoms with Crippen molar-refractivity contribution in [2.45, 2.75) is 11.3 Å². The Morgan fingerprint density at radius 1 is 1.26 bits per heavy atom. The van der Waals surface area contributed by atoms with E-state index in [-0.39, 0.29) is 32.6 Å². The molecule has 0 spiro atoms. The summed E-state index contributed by atoms with van der Waals surface area (Å²) in [4.78, 5) is -0.227. The minimum absolute atomic E-state index is 0.0527. The molecule has 0 saturated heterocycles. The van der Waals surface area contributed by atoms with Crippen molar-refractivity contribution in [1.82, 2.24) is 4.57 Å². The topological polar surface area (TPSA) is 131 Å². The first-order chi connectivity index (χ1) is 14.4. The number of hydrogen-bond acceptors (Lipinski definition) is 6. The van der Waals surface area contributed by atoms with Gasteiger partial charge in [-0.15, -0.1) is 23.4 Å². The van der Waals surface area contributed by atoms with E-state index in [4.69, 9.17) is 17.4 Å². The van der Waals surface area contributed by atoms with E-state index in [9.17, 15) is 26.7 Å². The van der Waals surface area contributed by atoms with Crippen LogP contribution >= 0.6 is 12.2 Å². The molecule has 4 N–H and O–H groups in total. The smallest absolute Gasteiger partial charge is 0.493 e. The minimum Gasteiger partial charge on any atom is -0.493 e. The maximum absolute atomic E-state index is 12.5. The van der Waals surface area contributed by atoms with Crippen LogP contribution in [0.5, 0.6) is 11.6 Å². The zero-order chi connectivity index (χ0) is 23.0. The first-order valence-electron chi connectivity index (χ1n) is 8.28. The second kappa shape index (κ2) is 8.13. The Bertz CT molecular complexity index is 1300. The quantitative estimate of drug-likeness (QED) is 0.389. The van der Waals surface area contributed by atoms with Gasteiger partial charge in [0, 0.05) is 12.4 Å². The normalized spacial score (nSPS) is 12.4. The van der Waals surface area contributed by atoms with Crippen molar-refractivity contribution in [2.24, 2.45) is 22.4 Å². The Balaban J connectivity index is 1.93. The van der Waals surface area contributed by atoms with Crippen molar-refractivity contribution in [2.75, 3.05) is 5.32 Å². The van der Waals surface area contributed by atoms with Gasteiger partial charge in [-0.3, -0.25) is 0 Å². The molecular weight excluding hydrogens is 459 g/mol. The average molecular weight is 473 g/mol. The molecule has 0 aliphatic carbocycles. The van der Waals surface area contributed by atoms with Crippen LogP contribution in [-0.4, -0.2) is 29.6 Å². The summed E-state index contributed by atoms with van der Waals surface area (Å²) in [6.07, 6.45) is -4.89. The van der Waals surface area contributed by atoms with Crippen LogP contribution in [0.25, 0.3) is 10.9 Å².